The molecule has 0 bridgehead atoms. The van der Waals surface area contributed by atoms with Gasteiger partial charge >= 0.3 is 19.2 Å². The van der Waals surface area contributed by atoms with E-state index in [1.807, 2.05) is 27.7 Å². The molecule has 0 unspecified atom stereocenters. The molecule has 0 saturated carbocycles. The van der Waals surface area contributed by atoms with Crippen molar-refractivity contribution >= 4 is 25.3 Å². The van der Waals surface area contributed by atoms with E-state index in [-0.39, 0.29) is 12.1 Å². The second-order valence-electron chi connectivity index (χ2n) is 8.93. The van der Waals surface area contributed by atoms with E-state index in [9.17, 15) is 14.7 Å². The van der Waals surface area contributed by atoms with Crippen LogP contribution >= 0.6 is 0 Å². The Balaban J connectivity index is 2.34. The van der Waals surface area contributed by atoms with Crippen LogP contribution in [0.1, 0.15) is 64.4 Å². The Morgan fingerprint density at radius 1 is 1.24 bits per heavy atom. The zero-order chi connectivity index (χ0) is 22.0. The Bertz CT molecular complexity index is 797. The van der Waals surface area contributed by atoms with Crippen LogP contribution in [0.15, 0.2) is 23.9 Å². The minimum Gasteiger partial charge on any atom is -0.478 e. The molecule has 1 aromatic rings. The molecule has 1 aliphatic heterocycles. The second-order valence-corrected chi connectivity index (χ2v) is 8.93. The van der Waals surface area contributed by atoms with Crippen LogP contribution in [0, 0.1) is 0 Å². The number of amides is 1. The van der Waals surface area contributed by atoms with Crippen LogP contribution in [0.2, 0.25) is 0 Å². The first-order valence-electron chi connectivity index (χ1n) is 9.42. The molecule has 0 aliphatic carbocycles. The van der Waals surface area contributed by atoms with Crippen molar-refractivity contribution in [1.82, 2.24) is 10.3 Å². The summed E-state index contributed by atoms with van der Waals surface area (Å²) in [6.07, 6.45) is 3.89. The smallest absolute Gasteiger partial charge is 0.478 e. The van der Waals surface area contributed by atoms with Crippen LogP contribution in [-0.4, -0.2) is 52.6 Å². The highest BCUT2D eigenvalue weighted by molar-refractivity contribution is 6.56. The first kappa shape index (κ1) is 22.9. The first-order valence-corrected chi connectivity index (χ1v) is 9.42. The van der Waals surface area contributed by atoms with Gasteiger partial charge in [0.25, 0.3) is 0 Å². The number of hydrogen-bond acceptors (Lipinski definition) is 6. The summed E-state index contributed by atoms with van der Waals surface area (Å²) in [7, 11) is -0.767. The van der Waals surface area contributed by atoms with Gasteiger partial charge in [-0.25, -0.2) is 9.59 Å². The molecule has 2 heterocycles. The van der Waals surface area contributed by atoms with E-state index < -0.39 is 36.0 Å². The second kappa shape index (κ2) is 8.16. The summed E-state index contributed by atoms with van der Waals surface area (Å²) in [5.41, 5.74) is -0.800. The van der Waals surface area contributed by atoms with Crippen molar-refractivity contribution in [2.75, 3.05) is 6.54 Å². The number of nitrogens with one attached hydrogen (secondary N) is 1. The fraction of sp³-hybridized carbons (Fsp3) is 0.550. The van der Waals surface area contributed by atoms with Crippen LogP contribution in [0.4, 0.5) is 4.79 Å². The molecule has 1 fully saturated rings. The molecule has 9 heteroatoms. The van der Waals surface area contributed by atoms with Crippen LogP contribution < -0.4 is 5.32 Å². The number of carbonyl (C=O) groups excluding carboxylic acids is 1. The van der Waals surface area contributed by atoms with Gasteiger partial charge < -0.3 is 24.5 Å². The van der Waals surface area contributed by atoms with Crippen LogP contribution in [0.3, 0.4) is 0 Å². The molecule has 0 radical (unpaired) electrons. The zero-order valence-electron chi connectivity index (χ0n) is 18.0. The number of alkyl carbamates (subject to hydrolysis) is 1. The van der Waals surface area contributed by atoms with E-state index >= 15 is 0 Å². The molecule has 2 N–H and O–H groups in total. The van der Waals surface area contributed by atoms with Crippen molar-refractivity contribution in [3.8, 4) is 0 Å². The first-order chi connectivity index (χ1) is 13.2. The molecule has 1 saturated heterocycles. The lowest BCUT2D eigenvalue weighted by Gasteiger charge is -2.32. The standard InChI is InChI=1S/C20H29BN2O6/c1-18(2,3)27-17(26)23-12-14(21-28-19(4,5)20(6,7)29-21)10-13-11-22-9-8-15(13)16(24)25/h8-11H,12H2,1-7H3,(H,23,26)(H,24,25). The van der Waals surface area contributed by atoms with Crippen LogP contribution in [-0.2, 0) is 14.0 Å². The average molecular weight is 404 g/mol. The number of rotatable bonds is 5. The summed E-state index contributed by atoms with van der Waals surface area (Å²) >= 11 is 0. The van der Waals surface area contributed by atoms with E-state index in [4.69, 9.17) is 14.0 Å². The van der Waals surface area contributed by atoms with Crippen LogP contribution in [0.5, 0.6) is 0 Å². The largest absolute Gasteiger partial charge is 0.492 e. The van der Waals surface area contributed by atoms with Crippen molar-refractivity contribution in [3.63, 3.8) is 0 Å². The summed E-state index contributed by atoms with van der Waals surface area (Å²) in [6, 6.07) is 1.41. The fourth-order valence-corrected chi connectivity index (χ4v) is 2.60. The van der Waals surface area contributed by atoms with E-state index in [0.29, 0.717) is 11.0 Å². The molecule has 1 amide bonds. The van der Waals surface area contributed by atoms with Gasteiger partial charge in [-0.05, 0) is 60.0 Å². The highest BCUT2D eigenvalue weighted by Gasteiger charge is 2.52. The van der Waals surface area contributed by atoms with Gasteiger partial charge in [0.05, 0.1) is 16.8 Å². The maximum absolute atomic E-state index is 12.1. The Morgan fingerprint density at radius 3 is 2.34 bits per heavy atom. The van der Waals surface area contributed by atoms with Gasteiger partial charge in [-0.3, -0.25) is 4.98 Å². The van der Waals surface area contributed by atoms with Gasteiger partial charge in [-0.2, -0.15) is 0 Å². The summed E-state index contributed by atoms with van der Waals surface area (Å²) in [4.78, 5) is 27.7. The lowest BCUT2D eigenvalue weighted by Crippen LogP contribution is -2.41. The minimum absolute atomic E-state index is 0.0553. The Labute approximate surface area is 171 Å². The predicted octanol–water partition coefficient (Wildman–Crippen LogP) is 3.32. The predicted molar refractivity (Wildman–Crippen MR) is 109 cm³/mol. The van der Waals surface area contributed by atoms with E-state index in [1.54, 1.807) is 26.8 Å². The summed E-state index contributed by atoms with van der Waals surface area (Å²) < 4.78 is 17.4. The van der Waals surface area contributed by atoms with Crippen molar-refractivity contribution in [3.05, 3.63) is 35.1 Å². The minimum atomic E-state index is -1.08. The van der Waals surface area contributed by atoms with Crippen molar-refractivity contribution in [2.24, 2.45) is 0 Å². The molecule has 0 atom stereocenters. The average Bonchev–Trinajstić information content (AvgIpc) is 2.77. The number of aromatic carboxylic acids is 1. The molecular weight excluding hydrogens is 375 g/mol. The van der Waals surface area contributed by atoms with Gasteiger partial charge in [-0.1, -0.05) is 6.08 Å². The number of carbonyl (C=O) groups is 2. The van der Waals surface area contributed by atoms with Crippen molar-refractivity contribution in [1.29, 1.82) is 0 Å². The number of pyridine rings is 1. The topological polar surface area (TPSA) is 107 Å². The number of carboxylic acids is 1. The van der Waals surface area contributed by atoms with Crippen molar-refractivity contribution in [2.45, 2.75) is 65.3 Å². The van der Waals surface area contributed by atoms with E-state index in [0.717, 1.165) is 0 Å². The highest BCUT2D eigenvalue weighted by atomic mass is 16.7. The van der Waals surface area contributed by atoms with Gasteiger partial charge in [0, 0.05) is 24.5 Å². The molecule has 8 nitrogen and oxygen atoms in total. The summed E-state index contributed by atoms with van der Waals surface area (Å²) in [5, 5.41) is 12.1. The molecule has 0 aromatic carbocycles. The Kier molecular flexibility index (Phi) is 6.44. The van der Waals surface area contributed by atoms with Crippen molar-refractivity contribution < 1.29 is 28.7 Å². The third-order valence-electron chi connectivity index (χ3n) is 4.81. The SMILES string of the molecule is CC(C)(C)OC(=O)NCC(=Cc1cnccc1C(=O)O)B1OC(C)(C)C(C)(C)O1. The maximum atomic E-state index is 12.1. The van der Waals surface area contributed by atoms with Gasteiger partial charge in [0.1, 0.15) is 5.60 Å². The Morgan fingerprint density at radius 2 is 1.83 bits per heavy atom. The maximum Gasteiger partial charge on any atom is 0.492 e. The number of aromatic nitrogens is 1. The summed E-state index contributed by atoms with van der Waals surface area (Å²) in [6.45, 7) is 13.0. The van der Waals surface area contributed by atoms with E-state index in [2.05, 4.69) is 10.3 Å². The normalized spacial score (nSPS) is 18.4. The van der Waals surface area contributed by atoms with Crippen LogP contribution in [0.25, 0.3) is 6.08 Å². The molecular formula is C20H29BN2O6. The highest BCUT2D eigenvalue weighted by Crippen LogP contribution is 2.38. The monoisotopic (exact) mass is 404 g/mol. The number of nitrogens with zero attached hydrogens (tertiary/aromatic N) is 1. The molecule has 158 valence electrons. The molecule has 0 spiro atoms. The number of carboxylic acid groups (broad SMARTS) is 1. The third kappa shape index (κ3) is 5.80. The quantitative estimate of drug-likeness (QED) is 0.725. The van der Waals surface area contributed by atoms with E-state index in [1.165, 1.54) is 18.5 Å². The lowest BCUT2D eigenvalue weighted by molar-refractivity contribution is 0.00578. The molecule has 1 aliphatic rings. The molecule has 29 heavy (non-hydrogen) atoms. The molecule has 1 aromatic heterocycles. The zero-order valence-corrected chi connectivity index (χ0v) is 18.0. The summed E-state index contributed by atoms with van der Waals surface area (Å²) in [5.74, 6) is -1.08. The lowest BCUT2D eigenvalue weighted by atomic mass is 9.76. The van der Waals surface area contributed by atoms with Gasteiger partial charge in [0.2, 0.25) is 0 Å². The number of ether oxygens (including phenoxy) is 1. The third-order valence-corrected chi connectivity index (χ3v) is 4.81. The van der Waals surface area contributed by atoms with Gasteiger partial charge in [0.15, 0.2) is 0 Å². The fourth-order valence-electron chi connectivity index (χ4n) is 2.60. The Hall–Kier alpha value is -2.39. The number of hydrogen-bond donors (Lipinski definition) is 2. The van der Waals surface area contributed by atoms with Gasteiger partial charge in [-0.15, -0.1) is 0 Å². The molecule has 2 rings (SSSR count).